The first kappa shape index (κ1) is 12.8. The highest BCUT2D eigenvalue weighted by Crippen LogP contribution is 2.50. The van der Waals surface area contributed by atoms with Crippen molar-refractivity contribution in [2.45, 2.75) is 57.7 Å². The summed E-state index contributed by atoms with van der Waals surface area (Å²) >= 11 is 0. The van der Waals surface area contributed by atoms with Crippen LogP contribution in [0, 0.1) is 5.41 Å². The van der Waals surface area contributed by atoms with Gasteiger partial charge >= 0.3 is 5.97 Å². The Morgan fingerprint density at radius 3 is 2.71 bits per heavy atom. The van der Waals surface area contributed by atoms with Gasteiger partial charge in [-0.25, -0.2) is 0 Å². The molecule has 1 aliphatic carbocycles. The van der Waals surface area contributed by atoms with E-state index in [-0.39, 0.29) is 11.6 Å². The molecular formula is C13H23NO3. The first-order chi connectivity index (χ1) is 7.81. The van der Waals surface area contributed by atoms with E-state index in [4.69, 9.17) is 15.2 Å². The van der Waals surface area contributed by atoms with Crippen LogP contribution in [0.25, 0.3) is 0 Å². The summed E-state index contributed by atoms with van der Waals surface area (Å²) in [6.07, 6.45) is 3.56. The number of hydrogen-bond acceptors (Lipinski definition) is 4. The zero-order valence-electron chi connectivity index (χ0n) is 11.0. The van der Waals surface area contributed by atoms with Gasteiger partial charge in [0.05, 0.1) is 17.6 Å². The van der Waals surface area contributed by atoms with Crippen LogP contribution in [0.15, 0.2) is 0 Å². The van der Waals surface area contributed by atoms with Crippen LogP contribution in [0.2, 0.25) is 0 Å². The molecule has 1 heterocycles. The summed E-state index contributed by atoms with van der Waals surface area (Å²) in [6.45, 7) is 6.67. The van der Waals surface area contributed by atoms with Crippen LogP contribution in [-0.4, -0.2) is 30.3 Å². The Kier molecular flexibility index (Phi) is 2.99. The maximum absolute atomic E-state index is 12.3. The van der Waals surface area contributed by atoms with Crippen LogP contribution in [-0.2, 0) is 14.3 Å². The van der Waals surface area contributed by atoms with Crippen molar-refractivity contribution in [1.82, 2.24) is 0 Å². The van der Waals surface area contributed by atoms with Gasteiger partial charge < -0.3 is 15.2 Å². The van der Waals surface area contributed by atoms with Crippen molar-refractivity contribution in [2.75, 3.05) is 13.2 Å². The molecule has 0 aromatic carbocycles. The van der Waals surface area contributed by atoms with E-state index in [0.717, 1.165) is 25.7 Å². The number of ether oxygens (including phenoxy) is 2. The van der Waals surface area contributed by atoms with E-state index < -0.39 is 11.0 Å². The van der Waals surface area contributed by atoms with E-state index in [0.29, 0.717) is 13.2 Å². The monoisotopic (exact) mass is 241 g/mol. The fourth-order valence-corrected chi connectivity index (χ4v) is 2.93. The summed E-state index contributed by atoms with van der Waals surface area (Å²) < 4.78 is 11.4. The van der Waals surface area contributed by atoms with Crippen LogP contribution in [0.3, 0.4) is 0 Å². The van der Waals surface area contributed by atoms with Crippen LogP contribution in [0.5, 0.6) is 0 Å². The van der Waals surface area contributed by atoms with Gasteiger partial charge in [0.2, 0.25) is 0 Å². The van der Waals surface area contributed by atoms with Crippen molar-refractivity contribution in [3.05, 3.63) is 0 Å². The maximum Gasteiger partial charge on any atom is 0.315 e. The van der Waals surface area contributed by atoms with Crippen LogP contribution >= 0.6 is 0 Å². The van der Waals surface area contributed by atoms with Crippen molar-refractivity contribution >= 4 is 5.97 Å². The molecule has 2 unspecified atom stereocenters. The lowest BCUT2D eigenvalue weighted by Gasteiger charge is -2.36. The average molecular weight is 241 g/mol. The van der Waals surface area contributed by atoms with E-state index in [1.165, 1.54) is 0 Å². The molecule has 2 rings (SSSR count). The Bertz CT molecular complexity index is 323. The third-order valence-corrected chi connectivity index (χ3v) is 3.81. The summed E-state index contributed by atoms with van der Waals surface area (Å²) in [4.78, 5) is 12.3. The molecule has 2 aliphatic rings. The number of fused-ring (bicyclic) bond motifs is 2. The first-order valence-electron chi connectivity index (χ1n) is 6.38. The highest BCUT2D eigenvalue weighted by atomic mass is 16.6. The Labute approximate surface area is 103 Å². The van der Waals surface area contributed by atoms with Gasteiger partial charge in [-0.05, 0) is 46.5 Å². The zero-order valence-corrected chi connectivity index (χ0v) is 11.0. The second kappa shape index (κ2) is 3.95. The quantitative estimate of drug-likeness (QED) is 0.746. The molecule has 2 N–H and O–H groups in total. The number of esters is 1. The highest BCUT2D eigenvalue weighted by Gasteiger charge is 2.57. The minimum Gasteiger partial charge on any atom is -0.459 e. The van der Waals surface area contributed by atoms with Gasteiger partial charge in [-0.15, -0.1) is 0 Å². The molecule has 2 atom stereocenters. The SMILES string of the molecule is CC(C)(C)OC(=O)C12CCCC(CN)(C1)OC2. The smallest absolute Gasteiger partial charge is 0.315 e. The molecule has 2 bridgehead atoms. The van der Waals surface area contributed by atoms with Crippen molar-refractivity contribution in [3.8, 4) is 0 Å². The Morgan fingerprint density at radius 2 is 2.12 bits per heavy atom. The van der Waals surface area contributed by atoms with Gasteiger partial charge in [-0.1, -0.05) is 0 Å². The topological polar surface area (TPSA) is 61.5 Å². The van der Waals surface area contributed by atoms with E-state index in [1.54, 1.807) is 0 Å². The molecule has 1 saturated carbocycles. The largest absolute Gasteiger partial charge is 0.459 e. The second-order valence-electron chi connectivity index (χ2n) is 6.49. The molecule has 0 amide bonds. The van der Waals surface area contributed by atoms with Gasteiger partial charge in [0, 0.05) is 6.54 Å². The summed E-state index contributed by atoms with van der Waals surface area (Å²) in [5.74, 6) is -0.111. The van der Waals surface area contributed by atoms with Gasteiger partial charge in [0.15, 0.2) is 0 Å². The number of nitrogens with two attached hydrogens (primary N) is 1. The predicted molar refractivity (Wildman–Crippen MR) is 64.5 cm³/mol. The van der Waals surface area contributed by atoms with Crippen molar-refractivity contribution < 1.29 is 14.3 Å². The fraction of sp³-hybridized carbons (Fsp3) is 0.923. The molecule has 17 heavy (non-hydrogen) atoms. The predicted octanol–water partition coefficient (Wildman–Crippen LogP) is 1.62. The van der Waals surface area contributed by atoms with Gasteiger partial charge in [-0.2, -0.15) is 0 Å². The number of rotatable bonds is 2. The number of carbonyl (C=O) groups excluding carboxylic acids is 1. The Morgan fingerprint density at radius 1 is 1.41 bits per heavy atom. The van der Waals surface area contributed by atoms with E-state index >= 15 is 0 Å². The Balaban J connectivity index is 2.13. The fourth-order valence-electron chi connectivity index (χ4n) is 2.93. The van der Waals surface area contributed by atoms with Crippen molar-refractivity contribution in [3.63, 3.8) is 0 Å². The maximum atomic E-state index is 12.3. The molecule has 1 saturated heterocycles. The van der Waals surface area contributed by atoms with Gasteiger partial charge in [-0.3, -0.25) is 4.79 Å². The molecule has 2 fully saturated rings. The van der Waals surface area contributed by atoms with Crippen LogP contribution in [0.1, 0.15) is 46.5 Å². The van der Waals surface area contributed by atoms with Gasteiger partial charge in [0.1, 0.15) is 5.60 Å². The lowest BCUT2D eigenvalue weighted by Crippen LogP contribution is -2.45. The van der Waals surface area contributed by atoms with E-state index in [2.05, 4.69) is 0 Å². The van der Waals surface area contributed by atoms with E-state index in [1.807, 2.05) is 20.8 Å². The molecule has 1 aliphatic heterocycles. The van der Waals surface area contributed by atoms with Crippen molar-refractivity contribution in [2.24, 2.45) is 11.1 Å². The third-order valence-electron chi connectivity index (χ3n) is 3.81. The zero-order chi connectivity index (χ0) is 12.7. The number of carbonyl (C=O) groups is 1. The van der Waals surface area contributed by atoms with Gasteiger partial charge in [0.25, 0.3) is 0 Å². The molecule has 4 nitrogen and oxygen atoms in total. The minimum absolute atomic E-state index is 0.111. The second-order valence-corrected chi connectivity index (χ2v) is 6.49. The minimum atomic E-state index is -0.440. The molecule has 98 valence electrons. The highest BCUT2D eigenvalue weighted by molar-refractivity contribution is 5.78. The van der Waals surface area contributed by atoms with E-state index in [9.17, 15) is 4.79 Å². The Hall–Kier alpha value is -0.610. The lowest BCUT2D eigenvalue weighted by atomic mass is 9.70. The summed E-state index contributed by atoms with van der Waals surface area (Å²) in [5.41, 5.74) is 4.64. The summed E-state index contributed by atoms with van der Waals surface area (Å²) in [5, 5.41) is 0. The first-order valence-corrected chi connectivity index (χ1v) is 6.38. The molecule has 0 aromatic heterocycles. The molecular weight excluding hydrogens is 218 g/mol. The average Bonchev–Trinajstić information content (AvgIpc) is 2.51. The lowest BCUT2D eigenvalue weighted by molar-refractivity contribution is -0.168. The van der Waals surface area contributed by atoms with Crippen LogP contribution in [0.4, 0.5) is 0 Å². The van der Waals surface area contributed by atoms with Crippen molar-refractivity contribution in [1.29, 1.82) is 0 Å². The normalized spacial score (nSPS) is 36.9. The molecule has 0 spiro atoms. The molecule has 0 aromatic rings. The summed E-state index contributed by atoms with van der Waals surface area (Å²) in [7, 11) is 0. The van der Waals surface area contributed by atoms with Crippen LogP contribution < -0.4 is 5.73 Å². The summed E-state index contributed by atoms with van der Waals surface area (Å²) in [6, 6.07) is 0. The third kappa shape index (κ3) is 2.33. The standard InChI is InChI=1S/C13H23NO3/c1-11(2,3)17-10(15)12-5-4-6-13(7-12,8-14)16-9-12/h4-9,14H2,1-3H3. The molecule has 0 radical (unpaired) electrons. The molecule has 4 heteroatoms. The number of hydrogen-bond donors (Lipinski definition) is 1.